The molecule has 3 nitrogen and oxygen atoms in total. The maximum Gasteiger partial charge on any atom is 0.122 e. The number of rotatable bonds is 4. The molecule has 0 amide bonds. The Balaban J connectivity index is 1.93. The molecule has 0 unspecified atom stereocenters. The van der Waals surface area contributed by atoms with Gasteiger partial charge in [-0.15, -0.1) is 0 Å². The number of pyridine rings is 1. The second kappa shape index (κ2) is 7.32. The number of hydrogen-bond acceptors (Lipinski definition) is 3. The first-order valence-electron chi connectivity index (χ1n) is 6.51. The normalized spacial score (nSPS) is 9.70. The summed E-state index contributed by atoms with van der Waals surface area (Å²) < 4.78 is 5.77. The quantitative estimate of drug-likeness (QED) is 0.865. The molecule has 2 aromatic rings. The summed E-state index contributed by atoms with van der Waals surface area (Å²) in [4.78, 5) is 4.08. The van der Waals surface area contributed by atoms with Gasteiger partial charge >= 0.3 is 0 Å². The third-order valence-corrected chi connectivity index (χ3v) is 2.86. The molecule has 0 fully saturated rings. The molecule has 0 aliphatic carbocycles. The molecule has 0 atom stereocenters. The highest BCUT2D eigenvalue weighted by atomic mass is 16.5. The van der Waals surface area contributed by atoms with E-state index < -0.39 is 0 Å². The fraction of sp³-hybridized carbons (Fsp3) is 0.235. The summed E-state index contributed by atoms with van der Waals surface area (Å²) in [6.07, 6.45) is 4.45. The Kier molecular flexibility index (Phi) is 5.16. The Morgan fingerprint density at radius 2 is 2.20 bits per heavy atom. The summed E-state index contributed by atoms with van der Waals surface area (Å²) in [5.41, 5.74) is 3.09. The van der Waals surface area contributed by atoms with Crippen molar-refractivity contribution in [2.75, 3.05) is 13.2 Å². The Morgan fingerprint density at radius 3 is 2.90 bits per heavy atom. The minimum absolute atomic E-state index is 0.123. The molecular formula is C17H17NO2. The van der Waals surface area contributed by atoms with Crippen molar-refractivity contribution in [2.24, 2.45) is 0 Å². The summed E-state index contributed by atoms with van der Waals surface area (Å²) in [7, 11) is 0. The van der Waals surface area contributed by atoms with Crippen LogP contribution < -0.4 is 4.74 Å². The van der Waals surface area contributed by atoms with Gasteiger partial charge < -0.3 is 9.84 Å². The van der Waals surface area contributed by atoms with E-state index in [-0.39, 0.29) is 6.61 Å². The van der Waals surface area contributed by atoms with Gasteiger partial charge in [0.25, 0.3) is 0 Å². The lowest BCUT2D eigenvalue weighted by atomic mass is 10.1. The van der Waals surface area contributed by atoms with E-state index in [1.165, 1.54) is 0 Å². The number of aliphatic hydroxyl groups excluding tert-OH is 1. The SMILES string of the molecule is Cc1cc(C#CCO)ccc1OCCc1cccnc1. The van der Waals surface area contributed by atoms with Crippen LogP contribution in [0.5, 0.6) is 5.75 Å². The van der Waals surface area contributed by atoms with E-state index in [1.54, 1.807) is 6.20 Å². The molecule has 1 heterocycles. The minimum atomic E-state index is -0.123. The number of hydrogen-bond donors (Lipinski definition) is 1. The van der Waals surface area contributed by atoms with Gasteiger partial charge in [-0.3, -0.25) is 4.98 Å². The Bertz CT molecular complexity index is 612. The molecule has 20 heavy (non-hydrogen) atoms. The molecule has 1 N–H and O–H groups in total. The van der Waals surface area contributed by atoms with Gasteiger partial charge in [-0.05, 0) is 42.3 Å². The van der Waals surface area contributed by atoms with Crippen LogP contribution in [0.4, 0.5) is 0 Å². The van der Waals surface area contributed by atoms with Crippen LogP contribution in [0.3, 0.4) is 0 Å². The van der Waals surface area contributed by atoms with Crippen molar-refractivity contribution in [3.8, 4) is 17.6 Å². The Hall–Kier alpha value is -2.31. The van der Waals surface area contributed by atoms with Crippen LogP contribution in [-0.4, -0.2) is 23.3 Å². The molecule has 0 spiro atoms. The van der Waals surface area contributed by atoms with Gasteiger partial charge in [0.2, 0.25) is 0 Å². The van der Waals surface area contributed by atoms with Crippen molar-refractivity contribution in [3.63, 3.8) is 0 Å². The maximum absolute atomic E-state index is 8.67. The second-order valence-electron chi connectivity index (χ2n) is 4.40. The van der Waals surface area contributed by atoms with E-state index in [4.69, 9.17) is 9.84 Å². The van der Waals surface area contributed by atoms with Gasteiger partial charge in [0.15, 0.2) is 0 Å². The molecular weight excluding hydrogens is 250 g/mol. The van der Waals surface area contributed by atoms with Gasteiger partial charge in [-0.1, -0.05) is 17.9 Å². The first-order valence-corrected chi connectivity index (χ1v) is 6.51. The Labute approximate surface area is 119 Å². The zero-order valence-electron chi connectivity index (χ0n) is 11.5. The average Bonchev–Trinajstić information content (AvgIpc) is 2.48. The van der Waals surface area contributed by atoms with E-state index in [0.717, 1.165) is 28.9 Å². The minimum Gasteiger partial charge on any atom is -0.493 e. The second-order valence-corrected chi connectivity index (χ2v) is 4.40. The zero-order valence-corrected chi connectivity index (χ0v) is 11.5. The fourth-order valence-electron chi connectivity index (χ4n) is 1.86. The molecule has 1 aromatic carbocycles. The number of aromatic nitrogens is 1. The molecule has 2 rings (SSSR count). The van der Waals surface area contributed by atoms with Crippen LogP contribution in [0.25, 0.3) is 0 Å². The highest BCUT2D eigenvalue weighted by molar-refractivity contribution is 5.43. The van der Waals surface area contributed by atoms with Crippen LogP contribution in [0.2, 0.25) is 0 Å². The van der Waals surface area contributed by atoms with Gasteiger partial charge in [0.1, 0.15) is 12.4 Å². The van der Waals surface area contributed by atoms with Gasteiger partial charge in [-0.2, -0.15) is 0 Å². The number of ether oxygens (including phenoxy) is 1. The molecule has 0 saturated heterocycles. The topological polar surface area (TPSA) is 42.4 Å². The lowest BCUT2D eigenvalue weighted by Crippen LogP contribution is -2.02. The third-order valence-electron chi connectivity index (χ3n) is 2.86. The maximum atomic E-state index is 8.67. The monoisotopic (exact) mass is 267 g/mol. The predicted octanol–water partition coefficient (Wildman–Crippen LogP) is 2.36. The lowest BCUT2D eigenvalue weighted by molar-refractivity contribution is 0.319. The third kappa shape index (κ3) is 4.11. The first-order chi connectivity index (χ1) is 9.79. The number of nitrogens with zero attached hydrogens (tertiary/aromatic N) is 1. The van der Waals surface area contributed by atoms with Gasteiger partial charge in [-0.25, -0.2) is 0 Å². The van der Waals surface area contributed by atoms with Crippen molar-refractivity contribution in [1.29, 1.82) is 0 Å². The number of benzene rings is 1. The van der Waals surface area contributed by atoms with E-state index >= 15 is 0 Å². The smallest absolute Gasteiger partial charge is 0.122 e. The summed E-state index contributed by atoms with van der Waals surface area (Å²) in [5.74, 6) is 6.38. The molecule has 0 aliphatic rings. The highest BCUT2D eigenvalue weighted by Crippen LogP contribution is 2.19. The summed E-state index contributed by atoms with van der Waals surface area (Å²) in [6, 6.07) is 9.74. The molecule has 3 heteroatoms. The highest BCUT2D eigenvalue weighted by Gasteiger charge is 2.01. The van der Waals surface area contributed by atoms with Gasteiger partial charge in [0, 0.05) is 24.4 Å². The van der Waals surface area contributed by atoms with Crippen LogP contribution in [0, 0.1) is 18.8 Å². The molecule has 0 bridgehead atoms. The van der Waals surface area contributed by atoms with Crippen molar-refractivity contribution >= 4 is 0 Å². The lowest BCUT2D eigenvalue weighted by Gasteiger charge is -2.09. The van der Waals surface area contributed by atoms with Crippen molar-refractivity contribution in [3.05, 3.63) is 59.4 Å². The molecule has 102 valence electrons. The summed E-state index contributed by atoms with van der Waals surface area (Å²) in [6.45, 7) is 2.49. The largest absolute Gasteiger partial charge is 0.493 e. The van der Waals surface area contributed by atoms with Gasteiger partial charge in [0.05, 0.1) is 6.61 Å². The van der Waals surface area contributed by atoms with Crippen molar-refractivity contribution in [1.82, 2.24) is 4.98 Å². The zero-order chi connectivity index (χ0) is 14.2. The van der Waals surface area contributed by atoms with E-state index in [0.29, 0.717) is 6.61 Å². The standard InChI is InChI=1S/C17H17NO2/c1-14-12-15(5-3-10-19)6-7-17(14)20-11-8-16-4-2-9-18-13-16/h2,4,6-7,9,12-13,19H,8,10-11H2,1H3. The average molecular weight is 267 g/mol. The van der Waals surface area contributed by atoms with E-state index in [2.05, 4.69) is 16.8 Å². The molecule has 0 saturated carbocycles. The van der Waals surface area contributed by atoms with Crippen LogP contribution >= 0.6 is 0 Å². The van der Waals surface area contributed by atoms with Crippen LogP contribution in [0.15, 0.2) is 42.7 Å². The summed E-state index contributed by atoms with van der Waals surface area (Å²) in [5, 5.41) is 8.67. The molecule has 0 aliphatic heterocycles. The fourth-order valence-corrected chi connectivity index (χ4v) is 1.86. The van der Waals surface area contributed by atoms with Crippen molar-refractivity contribution < 1.29 is 9.84 Å². The van der Waals surface area contributed by atoms with Crippen LogP contribution in [-0.2, 0) is 6.42 Å². The number of aryl methyl sites for hydroxylation is 1. The first kappa shape index (κ1) is 14.1. The van der Waals surface area contributed by atoms with Crippen molar-refractivity contribution in [2.45, 2.75) is 13.3 Å². The Morgan fingerprint density at radius 1 is 1.30 bits per heavy atom. The van der Waals surface area contributed by atoms with Crippen LogP contribution in [0.1, 0.15) is 16.7 Å². The summed E-state index contributed by atoms with van der Waals surface area (Å²) >= 11 is 0. The molecule has 1 aromatic heterocycles. The van der Waals surface area contributed by atoms with E-state index in [9.17, 15) is 0 Å². The molecule has 0 radical (unpaired) electrons. The van der Waals surface area contributed by atoms with E-state index in [1.807, 2.05) is 43.5 Å². The predicted molar refractivity (Wildman–Crippen MR) is 78.6 cm³/mol. The number of aliphatic hydroxyl groups is 1.